The lowest BCUT2D eigenvalue weighted by Gasteiger charge is -2.38. The Hall–Kier alpha value is -0.930. The molecule has 1 N–H and O–H groups in total. The quantitative estimate of drug-likeness (QED) is 0.840. The summed E-state index contributed by atoms with van der Waals surface area (Å²) in [6.45, 7) is 9.17. The molecule has 2 unspecified atom stereocenters. The summed E-state index contributed by atoms with van der Waals surface area (Å²) in [6.07, 6.45) is 3.21. The number of rotatable bonds is 5. The highest BCUT2D eigenvalue weighted by Crippen LogP contribution is 2.32. The molecule has 0 aliphatic carbocycles. The molecular weight excluding hydrogens is 286 g/mol. The first kappa shape index (κ1) is 16.4. The minimum atomic E-state index is -0.0135. The van der Waals surface area contributed by atoms with Gasteiger partial charge in [-0.3, -0.25) is 0 Å². The van der Waals surface area contributed by atoms with Gasteiger partial charge < -0.3 is 14.8 Å². The van der Waals surface area contributed by atoms with Crippen molar-refractivity contribution in [3.8, 4) is 5.75 Å². The maximum absolute atomic E-state index is 6.28. The Morgan fingerprint density at radius 3 is 2.86 bits per heavy atom. The van der Waals surface area contributed by atoms with Crippen LogP contribution in [0.2, 0.25) is 5.02 Å². The minimum Gasteiger partial charge on any atom is -0.489 e. The maximum atomic E-state index is 6.28. The van der Waals surface area contributed by atoms with Gasteiger partial charge in [0.15, 0.2) is 0 Å². The fourth-order valence-corrected chi connectivity index (χ4v) is 2.90. The average Bonchev–Trinajstić information content (AvgIpc) is 2.42. The van der Waals surface area contributed by atoms with Gasteiger partial charge >= 0.3 is 0 Å². The van der Waals surface area contributed by atoms with E-state index in [-0.39, 0.29) is 11.7 Å². The molecular formula is C17H26ClNO2. The first-order chi connectivity index (χ1) is 9.92. The summed E-state index contributed by atoms with van der Waals surface area (Å²) in [4.78, 5) is 0. The van der Waals surface area contributed by atoms with Gasteiger partial charge in [0, 0.05) is 18.3 Å². The molecule has 1 fully saturated rings. The molecule has 0 amide bonds. The highest BCUT2D eigenvalue weighted by Gasteiger charge is 2.31. The van der Waals surface area contributed by atoms with Crippen LogP contribution in [0.4, 0.5) is 5.69 Å². The van der Waals surface area contributed by atoms with E-state index in [0.29, 0.717) is 11.1 Å². The Balaban J connectivity index is 2.01. The van der Waals surface area contributed by atoms with Gasteiger partial charge in [-0.05, 0) is 58.2 Å². The molecule has 1 aromatic carbocycles. The second-order valence-corrected chi connectivity index (χ2v) is 6.70. The van der Waals surface area contributed by atoms with E-state index < -0.39 is 0 Å². The molecule has 2 atom stereocenters. The monoisotopic (exact) mass is 311 g/mol. The van der Waals surface area contributed by atoms with E-state index in [1.165, 1.54) is 0 Å². The molecule has 1 aliphatic rings. The van der Waals surface area contributed by atoms with Crippen molar-refractivity contribution in [2.75, 3.05) is 11.9 Å². The second kappa shape index (κ2) is 6.89. The molecule has 2 rings (SSSR count). The van der Waals surface area contributed by atoms with Gasteiger partial charge in [-0.1, -0.05) is 18.5 Å². The standard InChI is InChI=1S/C17H26ClNO2/c1-5-17(4)11-14(8-9-20-17)19-13-6-7-16(15(18)10-13)21-12(2)3/h6-7,10,12,14,19H,5,8-9,11H2,1-4H3. The van der Waals surface area contributed by atoms with E-state index in [4.69, 9.17) is 21.1 Å². The SMILES string of the molecule is CCC1(C)CC(Nc2ccc(OC(C)C)c(Cl)c2)CCO1. The summed E-state index contributed by atoms with van der Waals surface area (Å²) in [5, 5.41) is 4.22. The molecule has 0 aromatic heterocycles. The molecule has 1 saturated heterocycles. The van der Waals surface area contributed by atoms with Crippen molar-refractivity contribution in [1.29, 1.82) is 0 Å². The molecule has 1 aromatic rings. The van der Waals surface area contributed by atoms with Crippen LogP contribution in [-0.4, -0.2) is 24.4 Å². The Labute approximate surface area is 133 Å². The van der Waals surface area contributed by atoms with E-state index in [1.807, 2.05) is 32.0 Å². The first-order valence-electron chi connectivity index (χ1n) is 7.78. The largest absolute Gasteiger partial charge is 0.489 e. The van der Waals surface area contributed by atoms with Crippen LogP contribution >= 0.6 is 11.6 Å². The fourth-order valence-electron chi connectivity index (χ4n) is 2.68. The summed E-state index contributed by atoms with van der Waals surface area (Å²) in [5.41, 5.74) is 1.03. The van der Waals surface area contributed by atoms with Crippen LogP contribution in [0.15, 0.2) is 18.2 Å². The lowest BCUT2D eigenvalue weighted by molar-refractivity contribution is -0.0708. The highest BCUT2D eigenvalue weighted by atomic mass is 35.5. The molecule has 21 heavy (non-hydrogen) atoms. The summed E-state index contributed by atoms with van der Waals surface area (Å²) in [5.74, 6) is 0.739. The molecule has 4 heteroatoms. The third kappa shape index (κ3) is 4.52. The maximum Gasteiger partial charge on any atom is 0.138 e. The molecule has 1 heterocycles. The summed E-state index contributed by atoms with van der Waals surface area (Å²) < 4.78 is 11.5. The van der Waals surface area contributed by atoms with Gasteiger partial charge in [0.1, 0.15) is 5.75 Å². The highest BCUT2D eigenvalue weighted by molar-refractivity contribution is 6.32. The van der Waals surface area contributed by atoms with E-state index >= 15 is 0 Å². The normalized spacial score (nSPS) is 25.9. The van der Waals surface area contributed by atoms with Crippen molar-refractivity contribution in [3.63, 3.8) is 0 Å². The van der Waals surface area contributed by atoms with Gasteiger partial charge in [-0.25, -0.2) is 0 Å². The van der Waals surface area contributed by atoms with Crippen LogP contribution in [0.5, 0.6) is 5.75 Å². The number of benzene rings is 1. The first-order valence-corrected chi connectivity index (χ1v) is 8.16. The van der Waals surface area contributed by atoms with Crippen LogP contribution in [0.3, 0.4) is 0 Å². The fraction of sp³-hybridized carbons (Fsp3) is 0.647. The van der Waals surface area contributed by atoms with Gasteiger partial charge in [0.25, 0.3) is 0 Å². The second-order valence-electron chi connectivity index (χ2n) is 6.30. The summed E-state index contributed by atoms with van der Waals surface area (Å²) in [7, 11) is 0. The molecule has 1 aliphatic heterocycles. The lowest BCUT2D eigenvalue weighted by atomic mass is 9.90. The Morgan fingerprint density at radius 1 is 1.48 bits per heavy atom. The van der Waals surface area contributed by atoms with Crippen LogP contribution in [0.25, 0.3) is 0 Å². The van der Waals surface area contributed by atoms with Gasteiger partial charge in [0.2, 0.25) is 0 Å². The zero-order valence-electron chi connectivity index (χ0n) is 13.4. The summed E-state index contributed by atoms with van der Waals surface area (Å²) in [6, 6.07) is 6.33. The van der Waals surface area contributed by atoms with Crippen molar-refractivity contribution in [3.05, 3.63) is 23.2 Å². The number of nitrogens with one attached hydrogen (secondary N) is 1. The Morgan fingerprint density at radius 2 is 2.24 bits per heavy atom. The predicted molar refractivity (Wildman–Crippen MR) is 88.5 cm³/mol. The molecule has 0 saturated carbocycles. The summed E-state index contributed by atoms with van der Waals surface area (Å²) >= 11 is 6.28. The third-order valence-corrected chi connectivity index (χ3v) is 4.30. The van der Waals surface area contributed by atoms with Crippen molar-refractivity contribution in [2.24, 2.45) is 0 Å². The van der Waals surface area contributed by atoms with Gasteiger partial charge in [-0.2, -0.15) is 0 Å². The predicted octanol–water partition coefficient (Wildman–Crippen LogP) is 4.89. The van der Waals surface area contributed by atoms with Crippen LogP contribution in [-0.2, 0) is 4.74 Å². The average molecular weight is 312 g/mol. The van der Waals surface area contributed by atoms with E-state index in [9.17, 15) is 0 Å². The van der Waals surface area contributed by atoms with Crippen molar-refractivity contribution >= 4 is 17.3 Å². The van der Waals surface area contributed by atoms with Crippen molar-refractivity contribution in [1.82, 2.24) is 0 Å². The van der Waals surface area contributed by atoms with Crippen LogP contribution in [0.1, 0.15) is 47.0 Å². The van der Waals surface area contributed by atoms with Crippen molar-refractivity contribution in [2.45, 2.75) is 64.7 Å². The van der Waals surface area contributed by atoms with E-state index in [1.54, 1.807) is 0 Å². The van der Waals surface area contributed by atoms with Crippen LogP contribution < -0.4 is 10.1 Å². The number of hydrogen-bond acceptors (Lipinski definition) is 3. The molecule has 118 valence electrons. The number of ether oxygens (including phenoxy) is 2. The zero-order chi connectivity index (χ0) is 15.5. The minimum absolute atomic E-state index is 0.0135. The molecule has 0 radical (unpaired) electrons. The number of anilines is 1. The molecule has 3 nitrogen and oxygen atoms in total. The third-order valence-electron chi connectivity index (χ3n) is 4.01. The lowest BCUT2D eigenvalue weighted by Crippen LogP contribution is -2.41. The number of hydrogen-bond donors (Lipinski definition) is 1. The Bertz CT molecular complexity index is 478. The zero-order valence-corrected chi connectivity index (χ0v) is 14.2. The van der Waals surface area contributed by atoms with Gasteiger partial charge in [0.05, 0.1) is 16.7 Å². The van der Waals surface area contributed by atoms with E-state index in [2.05, 4.69) is 19.2 Å². The molecule has 0 spiro atoms. The topological polar surface area (TPSA) is 30.5 Å². The van der Waals surface area contributed by atoms with Crippen LogP contribution in [0, 0.1) is 0 Å². The Kier molecular flexibility index (Phi) is 5.39. The smallest absolute Gasteiger partial charge is 0.138 e. The van der Waals surface area contributed by atoms with Gasteiger partial charge in [-0.15, -0.1) is 0 Å². The van der Waals surface area contributed by atoms with Crippen molar-refractivity contribution < 1.29 is 9.47 Å². The number of halogens is 1. The molecule has 0 bridgehead atoms. The van der Waals surface area contributed by atoms with E-state index in [0.717, 1.165) is 37.3 Å².